The minimum atomic E-state index is -0.504. The maximum atomic E-state index is 12.1. The first-order valence-corrected chi connectivity index (χ1v) is 8.84. The Balaban J connectivity index is 1.61. The van der Waals surface area contributed by atoms with Crippen LogP contribution in [0.2, 0.25) is 0 Å². The van der Waals surface area contributed by atoms with Gasteiger partial charge in [0.2, 0.25) is 0 Å². The van der Waals surface area contributed by atoms with Gasteiger partial charge in [-0.3, -0.25) is 0 Å². The number of aliphatic hydroxyl groups excluding tert-OH is 1. The van der Waals surface area contributed by atoms with Crippen LogP contribution in [-0.2, 0) is 0 Å². The zero-order valence-corrected chi connectivity index (χ0v) is 14.1. The van der Waals surface area contributed by atoms with Gasteiger partial charge in [0, 0.05) is 37.2 Å². The van der Waals surface area contributed by atoms with Crippen molar-refractivity contribution in [3.05, 3.63) is 18.2 Å². The summed E-state index contributed by atoms with van der Waals surface area (Å²) in [5.74, 6) is 0.933. The summed E-state index contributed by atoms with van der Waals surface area (Å²) in [6.45, 7) is 2.04. The molecule has 0 radical (unpaired) electrons. The zero-order valence-electron chi connectivity index (χ0n) is 14.1. The Kier molecular flexibility index (Phi) is 5.14. The van der Waals surface area contributed by atoms with Crippen molar-refractivity contribution in [2.24, 2.45) is 0 Å². The second-order valence-corrected chi connectivity index (χ2v) is 6.55. The number of hydrogen-bond acceptors (Lipinski definition) is 4. The Labute approximate surface area is 142 Å². The third-order valence-electron chi connectivity index (χ3n) is 4.71. The van der Waals surface area contributed by atoms with Crippen LogP contribution in [0.1, 0.15) is 51.9 Å². The largest absolute Gasteiger partial charge is 0.448 e. The number of aliphatic hydroxyl groups is 1. The van der Waals surface area contributed by atoms with E-state index in [-0.39, 0.29) is 18.7 Å². The molecule has 132 valence electrons. The normalized spacial score (nSPS) is 19.1. The van der Waals surface area contributed by atoms with Gasteiger partial charge in [-0.15, -0.1) is 0 Å². The van der Waals surface area contributed by atoms with Gasteiger partial charge in [-0.05, 0) is 37.8 Å². The third kappa shape index (κ3) is 3.75. The molecule has 1 heterocycles. The molecule has 6 heteroatoms. The monoisotopic (exact) mass is 334 g/mol. The molecule has 1 aliphatic heterocycles. The van der Waals surface area contributed by atoms with E-state index in [2.05, 4.69) is 10.6 Å². The van der Waals surface area contributed by atoms with E-state index in [1.54, 1.807) is 0 Å². The van der Waals surface area contributed by atoms with Gasteiger partial charge in [0.15, 0.2) is 11.5 Å². The molecule has 1 saturated carbocycles. The lowest BCUT2D eigenvalue weighted by molar-refractivity contribution is -0.105. The Morgan fingerprint density at radius 3 is 2.71 bits per heavy atom. The van der Waals surface area contributed by atoms with Crippen molar-refractivity contribution in [3.63, 3.8) is 0 Å². The van der Waals surface area contributed by atoms with Crippen molar-refractivity contribution in [2.75, 3.05) is 11.9 Å². The molecule has 1 aromatic rings. The van der Waals surface area contributed by atoms with Crippen molar-refractivity contribution in [1.82, 2.24) is 5.32 Å². The van der Waals surface area contributed by atoms with E-state index >= 15 is 0 Å². The summed E-state index contributed by atoms with van der Waals surface area (Å²) in [5, 5.41) is 14.7. The molecule has 1 aliphatic carbocycles. The summed E-state index contributed by atoms with van der Waals surface area (Å²) in [6.07, 6.45) is 6.60. The summed E-state index contributed by atoms with van der Waals surface area (Å²) in [5.41, 5.74) is 0.668. The van der Waals surface area contributed by atoms with E-state index < -0.39 is 5.79 Å². The summed E-state index contributed by atoms with van der Waals surface area (Å²) in [6, 6.07) is 5.16. The van der Waals surface area contributed by atoms with Crippen molar-refractivity contribution in [2.45, 2.75) is 63.7 Å². The number of hydrogen-bond donors (Lipinski definition) is 3. The van der Waals surface area contributed by atoms with E-state index in [0.717, 1.165) is 37.9 Å². The number of urea groups is 1. The maximum Gasteiger partial charge on any atom is 0.319 e. The Hall–Kier alpha value is -1.95. The molecule has 3 rings (SSSR count). The lowest BCUT2D eigenvalue weighted by Crippen LogP contribution is -2.40. The van der Waals surface area contributed by atoms with Crippen LogP contribution in [0.5, 0.6) is 11.5 Å². The standard InChI is InChI=1S/C18H26N2O4/c1-2-13(8-11-21)19-17(22)20-14-6-7-15-16(12-14)24-18(23-15)9-4-3-5-10-18/h6-7,12-13,21H,2-5,8-11H2,1H3,(H2,19,20,22). The van der Waals surface area contributed by atoms with E-state index in [4.69, 9.17) is 14.6 Å². The number of fused-ring (bicyclic) bond motifs is 1. The molecule has 0 aromatic heterocycles. The molecule has 0 bridgehead atoms. The van der Waals surface area contributed by atoms with Crippen molar-refractivity contribution in [3.8, 4) is 11.5 Å². The van der Waals surface area contributed by atoms with Crippen LogP contribution in [0.25, 0.3) is 0 Å². The molecule has 1 aromatic carbocycles. The number of rotatable bonds is 5. The van der Waals surface area contributed by atoms with Crippen LogP contribution < -0.4 is 20.1 Å². The lowest BCUT2D eigenvalue weighted by Gasteiger charge is -2.31. The number of ether oxygens (including phenoxy) is 2. The molecular formula is C18H26N2O4. The lowest BCUT2D eigenvalue weighted by atomic mass is 9.94. The Bertz CT molecular complexity index is 584. The molecule has 1 spiro atoms. The van der Waals surface area contributed by atoms with E-state index in [1.165, 1.54) is 6.42 Å². The second-order valence-electron chi connectivity index (χ2n) is 6.55. The highest BCUT2D eigenvalue weighted by atomic mass is 16.7. The number of carbonyl (C=O) groups is 1. The summed E-state index contributed by atoms with van der Waals surface area (Å²) in [7, 11) is 0. The predicted molar refractivity (Wildman–Crippen MR) is 91.5 cm³/mol. The number of amides is 2. The van der Waals surface area contributed by atoms with E-state index in [9.17, 15) is 4.79 Å². The highest BCUT2D eigenvalue weighted by Crippen LogP contribution is 2.46. The topological polar surface area (TPSA) is 79.8 Å². The minimum Gasteiger partial charge on any atom is -0.448 e. The summed E-state index contributed by atoms with van der Waals surface area (Å²) >= 11 is 0. The summed E-state index contributed by atoms with van der Waals surface area (Å²) in [4.78, 5) is 12.1. The molecular weight excluding hydrogens is 308 g/mol. The number of nitrogens with one attached hydrogen (secondary N) is 2. The second kappa shape index (κ2) is 7.30. The van der Waals surface area contributed by atoms with Crippen molar-refractivity contribution < 1.29 is 19.4 Å². The fourth-order valence-electron chi connectivity index (χ4n) is 3.35. The predicted octanol–water partition coefficient (Wildman–Crippen LogP) is 3.40. The van der Waals surface area contributed by atoms with Crippen LogP contribution in [0.15, 0.2) is 18.2 Å². The third-order valence-corrected chi connectivity index (χ3v) is 4.71. The minimum absolute atomic E-state index is 0.0329. The average molecular weight is 334 g/mol. The molecule has 24 heavy (non-hydrogen) atoms. The maximum absolute atomic E-state index is 12.1. The number of benzene rings is 1. The van der Waals surface area contributed by atoms with Crippen molar-refractivity contribution >= 4 is 11.7 Å². The van der Waals surface area contributed by atoms with Gasteiger partial charge >= 0.3 is 6.03 Å². The molecule has 2 amide bonds. The quantitative estimate of drug-likeness (QED) is 0.771. The van der Waals surface area contributed by atoms with Crippen LogP contribution in [0.4, 0.5) is 10.5 Å². The first-order chi connectivity index (χ1) is 11.6. The highest BCUT2D eigenvalue weighted by Gasteiger charge is 2.42. The Morgan fingerprint density at radius 2 is 2.00 bits per heavy atom. The van der Waals surface area contributed by atoms with Crippen LogP contribution in [0, 0.1) is 0 Å². The zero-order chi connectivity index (χ0) is 17.0. The Morgan fingerprint density at radius 1 is 1.25 bits per heavy atom. The van der Waals surface area contributed by atoms with Gasteiger partial charge in [-0.25, -0.2) is 4.79 Å². The smallest absolute Gasteiger partial charge is 0.319 e. The van der Waals surface area contributed by atoms with Gasteiger partial charge in [-0.2, -0.15) is 0 Å². The fraction of sp³-hybridized carbons (Fsp3) is 0.611. The molecule has 1 atom stereocenters. The van der Waals surface area contributed by atoms with E-state index in [0.29, 0.717) is 17.9 Å². The first-order valence-electron chi connectivity index (χ1n) is 8.84. The molecule has 1 fully saturated rings. The summed E-state index contributed by atoms with van der Waals surface area (Å²) < 4.78 is 12.1. The number of anilines is 1. The molecule has 6 nitrogen and oxygen atoms in total. The molecule has 0 saturated heterocycles. The fourth-order valence-corrected chi connectivity index (χ4v) is 3.35. The van der Waals surface area contributed by atoms with Gasteiger partial charge in [0.1, 0.15) is 0 Å². The van der Waals surface area contributed by atoms with Crippen molar-refractivity contribution in [1.29, 1.82) is 0 Å². The molecule has 1 unspecified atom stereocenters. The van der Waals surface area contributed by atoms with Gasteiger partial charge in [0.05, 0.1) is 0 Å². The average Bonchev–Trinajstić information content (AvgIpc) is 2.91. The van der Waals surface area contributed by atoms with Crippen LogP contribution in [-0.4, -0.2) is 29.6 Å². The molecule has 2 aliphatic rings. The van der Waals surface area contributed by atoms with Gasteiger partial charge in [-0.1, -0.05) is 13.3 Å². The van der Waals surface area contributed by atoms with Crippen LogP contribution >= 0.6 is 0 Å². The van der Waals surface area contributed by atoms with Gasteiger partial charge < -0.3 is 25.2 Å². The highest BCUT2D eigenvalue weighted by molar-refractivity contribution is 5.89. The van der Waals surface area contributed by atoms with E-state index in [1.807, 2.05) is 25.1 Å². The van der Waals surface area contributed by atoms with Gasteiger partial charge in [0.25, 0.3) is 5.79 Å². The first kappa shape index (κ1) is 16.9. The number of carbonyl (C=O) groups excluding carboxylic acids is 1. The van der Waals surface area contributed by atoms with Crippen LogP contribution in [0.3, 0.4) is 0 Å². The molecule has 3 N–H and O–H groups in total. The SMILES string of the molecule is CCC(CCO)NC(=O)Nc1ccc2c(c1)OC1(CCCCC1)O2.